The number of amides is 1. The van der Waals surface area contributed by atoms with E-state index in [1.165, 1.54) is 25.3 Å². The number of nitrogens with one attached hydrogen (secondary N) is 1. The van der Waals surface area contributed by atoms with Gasteiger partial charge in [0.1, 0.15) is 5.75 Å². The largest absolute Gasteiger partial charge is 0.495 e. The predicted octanol–water partition coefficient (Wildman–Crippen LogP) is 3.84. The first kappa shape index (κ1) is 22.3. The highest BCUT2D eigenvalue weighted by Crippen LogP contribution is 2.30. The molecular weight excluding hydrogens is 420 g/mol. The minimum Gasteiger partial charge on any atom is -0.495 e. The number of anilines is 1. The average molecular weight is 442 g/mol. The van der Waals surface area contributed by atoms with Crippen LogP contribution in [0.4, 0.5) is 11.4 Å². The van der Waals surface area contributed by atoms with Crippen molar-refractivity contribution in [2.24, 2.45) is 0 Å². The van der Waals surface area contributed by atoms with Crippen LogP contribution >= 0.6 is 11.8 Å². The second kappa shape index (κ2) is 9.61. The van der Waals surface area contributed by atoms with E-state index in [2.05, 4.69) is 10.3 Å². The summed E-state index contributed by atoms with van der Waals surface area (Å²) in [6.07, 6.45) is 0.735. The molecule has 0 saturated heterocycles. The molecule has 1 atom stereocenters. The number of nitrogens with zero attached hydrogens (tertiary/aromatic N) is 3. The molecule has 2 aromatic carbocycles. The number of nitro groups is 1. The average Bonchev–Trinajstić information content (AvgIpc) is 2.76. The Balaban J connectivity index is 1.89. The Kier molecular flexibility index (Phi) is 6.91. The number of hydrogen-bond acceptors (Lipinski definition) is 7. The Hall–Kier alpha value is -3.40. The van der Waals surface area contributed by atoms with Gasteiger partial charge in [-0.2, -0.15) is 0 Å². The van der Waals surface area contributed by atoms with Gasteiger partial charge in [0, 0.05) is 18.7 Å². The lowest BCUT2D eigenvalue weighted by atomic mass is 10.2. The Bertz CT molecular complexity index is 1190. The molecule has 1 unspecified atom stereocenters. The van der Waals surface area contributed by atoms with Crippen LogP contribution in [0.1, 0.15) is 20.3 Å². The molecule has 0 radical (unpaired) electrons. The van der Waals surface area contributed by atoms with Gasteiger partial charge in [0.15, 0.2) is 5.16 Å². The summed E-state index contributed by atoms with van der Waals surface area (Å²) in [7, 11) is 1.41. The van der Waals surface area contributed by atoms with Crippen LogP contribution in [0, 0.1) is 10.1 Å². The topological polar surface area (TPSA) is 116 Å². The Morgan fingerprint density at radius 3 is 2.74 bits per heavy atom. The maximum atomic E-state index is 12.9. The van der Waals surface area contributed by atoms with Crippen LogP contribution < -0.4 is 15.6 Å². The number of nitro benzene ring substituents is 1. The lowest BCUT2D eigenvalue weighted by Gasteiger charge is -2.16. The zero-order valence-electron chi connectivity index (χ0n) is 17.3. The third kappa shape index (κ3) is 4.85. The lowest BCUT2D eigenvalue weighted by Crippen LogP contribution is -2.27. The fourth-order valence-corrected chi connectivity index (χ4v) is 3.95. The SMILES string of the molecule is CCCn1c(SC(C)C(=O)Nc2cc([N+](=O)[O-])ccc2OC)nc2ccccc2c1=O. The minimum atomic E-state index is -0.625. The zero-order chi connectivity index (χ0) is 22.5. The highest BCUT2D eigenvalue weighted by atomic mass is 32.2. The Labute approximate surface area is 182 Å². The molecule has 3 rings (SSSR count). The van der Waals surface area contributed by atoms with Crippen LogP contribution in [0.5, 0.6) is 5.75 Å². The van der Waals surface area contributed by atoms with E-state index in [-0.39, 0.29) is 16.9 Å². The summed E-state index contributed by atoms with van der Waals surface area (Å²) >= 11 is 1.16. The van der Waals surface area contributed by atoms with E-state index < -0.39 is 16.1 Å². The van der Waals surface area contributed by atoms with E-state index in [1.54, 1.807) is 35.8 Å². The molecule has 31 heavy (non-hydrogen) atoms. The molecule has 1 aromatic heterocycles. The van der Waals surface area contributed by atoms with Gasteiger partial charge in [-0.3, -0.25) is 24.3 Å². The van der Waals surface area contributed by atoms with Crippen LogP contribution in [-0.4, -0.2) is 32.7 Å². The molecule has 1 amide bonds. The summed E-state index contributed by atoms with van der Waals surface area (Å²) in [5.41, 5.74) is 0.453. The molecule has 9 nitrogen and oxygen atoms in total. The van der Waals surface area contributed by atoms with Gasteiger partial charge in [0.2, 0.25) is 5.91 Å². The number of carbonyl (C=O) groups excluding carboxylic acids is 1. The van der Waals surface area contributed by atoms with Gasteiger partial charge in [-0.1, -0.05) is 30.8 Å². The quantitative estimate of drug-likeness (QED) is 0.244. The molecule has 0 bridgehead atoms. The van der Waals surface area contributed by atoms with Gasteiger partial charge < -0.3 is 10.1 Å². The zero-order valence-corrected chi connectivity index (χ0v) is 18.1. The van der Waals surface area contributed by atoms with E-state index >= 15 is 0 Å². The van der Waals surface area contributed by atoms with Gasteiger partial charge in [-0.05, 0) is 31.5 Å². The normalized spacial score (nSPS) is 11.8. The molecule has 0 spiro atoms. The molecule has 10 heteroatoms. The summed E-state index contributed by atoms with van der Waals surface area (Å²) < 4.78 is 6.77. The Morgan fingerprint density at radius 2 is 2.06 bits per heavy atom. The number of hydrogen-bond donors (Lipinski definition) is 1. The number of carbonyl (C=O) groups is 1. The van der Waals surface area contributed by atoms with Crippen LogP contribution in [-0.2, 0) is 11.3 Å². The van der Waals surface area contributed by atoms with E-state index in [0.717, 1.165) is 18.2 Å². The van der Waals surface area contributed by atoms with Crippen molar-refractivity contribution in [3.05, 3.63) is 62.9 Å². The Morgan fingerprint density at radius 1 is 1.32 bits per heavy atom. The van der Waals surface area contributed by atoms with Gasteiger partial charge in [0.05, 0.1) is 33.9 Å². The first-order chi connectivity index (χ1) is 14.8. The molecule has 0 aliphatic carbocycles. The predicted molar refractivity (Wildman–Crippen MR) is 120 cm³/mol. The van der Waals surface area contributed by atoms with Crippen molar-refractivity contribution in [2.45, 2.75) is 37.2 Å². The van der Waals surface area contributed by atoms with Gasteiger partial charge in [-0.15, -0.1) is 0 Å². The molecule has 162 valence electrons. The first-order valence-corrected chi connectivity index (χ1v) is 10.5. The van der Waals surface area contributed by atoms with Crippen LogP contribution in [0.3, 0.4) is 0 Å². The van der Waals surface area contributed by atoms with Crippen LogP contribution in [0.2, 0.25) is 0 Å². The fraction of sp³-hybridized carbons (Fsp3) is 0.286. The number of methoxy groups -OCH3 is 1. The van der Waals surface area contributed by atoms with E-state index in [4.69, 9.17) is 4.74 Å². The number of rotatable bonds is 8. The summed E-state index contributed by atoms with van der Waals surface area (Å²) in [5.74, 6) is -0.0860. The van der Waals surface area contributed by atoms with Gasteiger partial charge in [-0.25, -0.2) is 4.98 Å². The van der Waals surface area contributed by atoms with Crippen molar-refractivity contribution < 1.29 is 14.5 Å². The maximum Gasteiger partial charge on any atom is 0.271 e. The second-order valence-electron chi connectivity index (χ2n) is 6.76. The van der Waals surface area contributed by atoms with E-state index in [1.807, 2.05) is 6.92 Å². The molecule has 1 N–H and O–H groups in total. The highest BCUT2D eigenvalue weighted by molar-refractivity contribution is 8.00. The smallest absolute Gasteiger partial charge is 0.271 e. The minimum absolute atomic E-state index is 0.150. The summed E-state index contributed by atoms with van der Waals surface area (Å²) in [6, 6.07) is 11.1. The number of thioether (sulfide) groups is 1. The third-order valence-electron chi connectivity index (χ3n) is 4.58. The second-order valence-corrected chi connectivity index (χ2v) is 8.07. The van der Waals surface area contributed by atoms with Crippen molar-refractivity contribution >= 4 is 39.9 Å². The van der Waals surface area contributed by atoms with Crippen molar-refractivity contribution in [3.8, 4) is 5.75 Å². The third-order valence-corrected chi connectivity index (χ3v) is 5.67. The lowest BCUT2D eigenvalue weighted by molar-refractivity contribution is -0.384. The maximum absolute atomic E-state index is 12.9. The van der Waals surface area contributed by atoms with Gasteiger partial charge in [0.25, 0.3) is 11.2 Å². The standard InChI is InChI=1S/C21H22N4O5S/c1-4-11-24-20(27)15-7-5-6-8-16(15)23-21(24)31-13(2)19(26)22-17-12-14(25(28)29)9-10-18(17)30-3/h5-10,12-13H,4,11H2,1-3H3,(H,22,26). The molecule has 0 fully saturated rings. The molecule has 1 heterocycles. The van der Waals surface area contributed by atoms with Gasteiger partial charge >= 0.3 is 0 Å². The van der Waals surface area contributed by atoms with Crippen LogP contribution in [0.15, 0.2) is 52.4 Å². The van der Waals surface area contributed by atoms with Crippen molar-refractivity contribution in [1.82, 2.24) is 9.55 Å². The summed E-state index contributed by atoms with van der Waals surface area (Å²) in [4.78, 5) is 40.8. The van der Waals surface area contributed by atoms with E-state index in [9.17, 15) is 19.7 Å². The molecular formula is C21H22N4O5S. The number of non-ortho nitro benzene ring substituents is 1. The van der Waals surface area contributed by atoms with Crippen molar-refractivity contribution in [3.63, 3.8) is 0 Å². The fourth-order valence-electron chi connectivity index (χ4n) is 3.01. The molecule has 0 aliphatic rings. The highest BCUT2D eigenvalue weighted by Gasteiger charge is 2.21. The van der Waals surface area contributed by atoms with Crippen LogP contribution in [0.25, 0.3) is 10.9 Å². The molecule has 0 saturated carbocycles. The molecule has 3 aromatic rings. The van der Waals surface area contributed by atoms with Crippen molar-refractivity contribution in [1.29, 1.82) is 0 Å². The monoisotopic (exact) mass is 442 g/mol. The number of fused-ring (bicyclic) bond motifs is 1. The first-order valence-electron chi connectivity index (χ1n) is 9.65. The van der Waals surface area contributed by atoms with Crippen molar-refractivity contribution in [2.75, 3.05) is 12.4 Å². The molecule has 0 aliphatic heterocycles. The summed E-state index contributed by atoms with van der Waals surface area (Å²) in [5, 5.41) is 14.1. The number of aromatic nitrogens is 2. The number of ether oxygens (including phenoxy) is 1. The number of para-hydroxylation sites is 1. The summed E-state index contributed by atoms with van der Waals surface area (Å²) in [6.45, 7) is 4.12. The van der Waals surface area contributed by atoms with E-state index in [0.29, 0.717) is 28.4 Å². The number of benzene rings is 2.